The summed E-state index contributed by atoms with van der Waals surface area (Å²) >= 11 is 0. The number of hydrogen-bond donors (Lipinski definition) is 0. The maximum Gasteiger partial charge on any atom is 0.325 e. The number of esters is 2. The van der Waals surface area contributed by atoms with E-state index in [1.807, 2.05) is 13.8 Å². The summed E-state index contributed by atoms with van der Waals surface area (Å²) in [6, 6.07) is -0.0719. The van der Waals surface area contributed by atoms with E-state index in [0.717, 1.165) is 0 Å². The van der Waals surface area contributed by atoms with Gasteiger partial charge in [0.15, 0.2) is 5.82 Å². The van der Waals surface area contributed by atoms with Gasteiger partial charge in [-0.15, -0.1) is 0 Å². The van der Waals surface area contributed by atoms with E-state index in [1.165, 1.54) is 29.9 Å². The molecule has 1 heterocycles. The minimum Gasteiger partial charge on any atom is -0.468 e. The van der Waals surface area contributed by atoms with Crippen LogP contribution in [0.25, 0.3) is 0 Å². The molecule has 0 fully saturated rings. The number of ether oxygens (including phenoxy) is 2. The molecule has 0 unspecified atom stereocenters. The first-order valence-electron chi connectivity index (χ1n) is 6.36. The standard InChI is InChI=1S/C13H19N3O5/c1-9(2)16-6-5-14-12(13(16)19)15(7-10(17)20-3)8-11(18)21-4/h5-6,9H,7-8H2,1-4H3. The van der Waals surface area contributed by atoms with Gasteiger partial charge in [0.25, 0.3) is 5.56 Å². The number of methoxy groups -OCH3 is 2. The molecular weight excluding hydrogens is 278 g/mol. The Morgan fingerprint density at radius 2 is 1.76 bits per heavy atom. The molecule has 0 aliphatic rings. The Morgan fingerprint density at radius 3 is 2.19 bits per heavy atom. The zero-order valence-electron chi connectivity index (χ0n) is 12.5. The van der Waals surface area contributed by atoms with Crippen LogP contribution in [0.1, 0.15) is 19.9 Å². The number of anilines is 1. The van der Waals surface area contributed by atoms with Crippen molar-refractivity contribution in [2.24, 2.45) is 0 Å². The molecule has 116 valence electrons. The molecule has 0 bridgehead atoms. The largest absolute Gasteiger partial charge is 0.468 e. The van der Waals surface area contributed by atoms with Gasteiger partial charge in [-0.1, -0.05) is 0 Å². The molecule has 0 radical (unpaired) electrons. The first-order chi connectivity index (χ1) is 9.90. The third-order valence-electron chi connectivity index (χ3n) is 2.80. The third kappa shape index (κ3) is 4.30. The number of nitrogens with zero attached hydrogens (tertiary/aromatic N) is 3. The quantitative estimate of drug-likeness (QED) is 0.681. The lowest BCUT2D eigenvalue weighted by molar-refractivity contribution is -0.140. The molecule has 1 rings (SSSR count). The van der Waals surface area contributed by atoms with Crippen LogP contribution in [-0.4, -0.2) is 48.8 Å². The molecular formula is C13H19N3O5. The topological polar surface area (TPSA) is 90.7 Å². The van der Waals surface area contributed by atoms with E-state index in [1.54, 1.807) is 6.20 Å². The predicted molar refractivity (Wildman–Crippen MR) is 75.1 cm³/mol. The third-order valence-corrected chi connectivity index (χ3v) is 2.80. The fourth-order valence-corrected chi connectivity index (χ4v) is 1.68. The maximum absolute atomic E-state index is 12.3. The average Bonchev–Trinajstić information content (AvgIpc) is 2.46. The van der Waals surface area contributed by atoms with Crippen molar-refractivity contribution in [1.29, 1.82) is 0 Å². The second-order valence-electron chi connectivity index (χ2n) is 4.57. The highest BCUT2D eigenvalue weighted by Crippen LogP contribution is 2.07. The van der Waals surface area contributed by atoms with Gasteiger partial charge in [0.05, 0.1) is 14.2 Å². The van der Waals surface area contributed by atoms with Crippen LogP contribution in [0.4, 0.5) is 5.82 Å². The molecule has 0 spiro atoms. The van der Waals surface area contributed by atoms with Crippen LogP contribution in [0, 0.1) is 0 Å². The van der Waals surface area contributed by atoms with Crippen molar-refractivity contribution in [3.05, 3.63) is 22.7 Å². The zero-order valence-corrected chi connectivity index (χ0v) is 12.5. The molecule has 0 amide bonds. The van der Waals surface area contributed by atoms with E-state index < -0.39 is 11.9 Å². The molecule has 0 aromatic carbocycles. The second kappa shape index (κ2) is 7.41. The minimum absolute atomic E-state index is 0.00185. The first-order valence-corrected chi connectivity index (χ1v) is 6.36. The van der Waals surface area contributed by atoms with Gasteiger partial charge in [-0.05, 0) is 13.8 Å². The molecule has 21 heavy (non-hydrogen) atoms. The Bertz CT molecular complexity index is 549. The number of hydrogen-bond acceptors (Lipinski definition) is 7. The van der Waals surface area contributed by atoms with Crippen molar-refractivity contribution in [2.75, 3.05) is 32.2 Å². The van der Waals surface area contributed by atoms with E-state index in [-0.39, 0.29) is 30.5 Å². The fourth-order valence-electron chi connectivity index (χ4n) is 1.68. The van der Waals surface area contributed by atoms with Crippen LogP contribution < -0.4 is 10.5 Å². The van der Waals surface area contributed by atoms with Crippen LogP contribution >= 0.6 is 0 Å². The number of aromatic nitrogens is 2. The number of carbonyl (C=O) groups excluding carboxylic acids is 2. The van der Waals surface area contributed by atoms with Crippen LogP contribution in [0.3, 0.4) is 0 Å². The van der Waals surface area contributed by atoms with Crippen molar-refractivity contribution in [2.45, 2.75) is 19.9 Å². The lowest BCUT2D eigenvalue weighted by atomic mass is 10.3. The van der Waals surface area contributed by atoms with Gasteiger partial charge in [-0.3, -0.25) is 14.4 Å². The average molecular weight is 297 g/mol. The van der Waals surface area contributed by atoms with Crippen LogP contribution in [0.2, 0.25) is 0 Å². The van der Waals surface area contributed by atoms with Crippen molar-refractivity contribution >= 4 is 17.8 Å². The molecule has 8 nitrogen and oxygen atoms in total. The summed E-state index contributed by atoms with van der Waals surface area (Å²) in [6.07, 6.45) is 2.99. The van der Waals surface area contributed by atoms with E-state index in [9.17, 15) is 14.4 Å². The van der Waals surface area contributed by atoms with Gasteiger partial charge < -0.3 is 18.9 Å². The summed E-state index contributed by atoms with van der Waals surface area (Å²) in [7, 11) is 2.45. The Labute approximate surface area is 122 Å². The molecule has 1 aromatic rings. The Hall–Kier alpha value is -2.38. The Balaban J connectivity index is 3.19. The summed E-state index contributed by atoms with van der Waals surface area (Å²) in [6.45, 7) is 3.15. The molecule has 1 aromatic heterocycles. The van der Waals surface area contributed by atoms with Crippen molar-refractivity contribution in [3.63, 3.8) is 0 Å². The van der Waals surface area contributed by atoms with Crippen molar-refractivity contribution < 1.29 is 19.1 Å². The second-order valence-corrected chi connectivity index (χ2v) is 4.57. The number of carbonyl (C=O) groups is 2. The highest BCUT2D eigenvalue weighted by molar-refractivity contribution is 5.80. The smallest absolute Gasteiger partial charge is 0.325 e. The van der Waals surface area contributed by atoms with Gasteiger partial charge in [-0.25, -0.2) is 4.98 Å². The monoisotopic (exact) mass is 297 g/mol. The highest BCUT2D eigenvalue weighted by Gasteiger charge is 2.21. The van der Waals surface area contributed by atoms with Crippen molar-refractivity contribution in [3.8, 4) is 0 Å². The molecule has 0 aliphatic heterocycles. The van der Waals surface area contributed by atoms with Crippen LogP contribution in [0.15, 0.2) is 17.2 Å². The van der Waals surface area contributed by atoms with E-state index >= 15 is 0 Å². The molecule has 8 heteroatoms. The SMILES string of the molecule is COC(=O)CN(CC(=O)OC)c1nccn(C(C)C)c1=O. The summed E-state index contributed by atoms with van der Waals surface area (Å²) in [5, 5.41) is 0. The normalized spacial score (nSPS) is 10.3. The summed E-state index contributed by atoms with van der Waals surface area (Å²) in [4.78, 5) is 40.4. The molecule has 0 N–H and O–H groups in total. The molecule has 0 saturated heterocycles. The highest BCUT2D eigenvalue weighted by atomic mass is 16.5. The van der Waals surface area contributed by atoms with Crippen LogP contribution in [-0.2, 0) is 19.1 Å². The molecule has 0 saturated carbocycles. The van der Waals surface area contributed by atoms with Crippen LogP contribution in [0.5, 0.6) is 0 Å². The van der Waals surface area contributed by atoms with E-state index in [4.69, 9.17) is 0 Å². The van der Waals surface area contributed by atoms with Crippen molar-refractivity contribution in [1.82, 2.24) is 9.55 Å². The van der Waals surface area contributed by atoms with Gasteiger partial charge in [0, 0.05) is 18.4 Å². The van der Waals surface area contributed by atoms with E-state index in [0.29, 0.717) is 0 Å². The Morgan fingerprint density at radius 1 is 1.24 bits per heavy atom. The van der Waals surface area contributed by atoms with Gasteiger partial charge >= 0.3 is 11.9 Å². The van der Waals surface area contributed by atoms with E-state index in [2.05, 4.69) is 14.5 Å². The summed E-state index contributed by atoms with van der Waals surface area (Å²) in [5.74, 6) is -1.16. The lowest BCUT2D eigenvalue weighted by Gasteiger charge is -2.21. The van der Waals surface area contributed by atoms with Gasteiger partial charge in [0.2, 0.25) is 0 Å². The number of rotatable bonds is 6. The minimum atomic E-state index is -0.583. The maximum atomic E-state index is 12.3. The molecule has 0 atom stereocenters. The summed E-state index contributed by atoms with van der Waals surface area (Å²) < 4.78 is 10.6. The summed E-state index contributed by atoms with van der Waals surface area (Å²) in [5.41, 5.74) is -0.389. The fraction of sp³-hybridized carbons (Fsp3) is 0.538. The van der Waals surface area contributed by atoms with Gasteiger partial charge in [-0.2, -0.15) is 0 Å². The molecule has 0 aliphatic carbocycles. The lowest BCUT2D eigenvalue weighted by Crippen LogP contribution is -2.41. The first kappa shape index (κ1) is 16.7. The predicted octanol–water partition coefficient (Wildman–Crippen LogP) is -0.0234. The van der Waals surface area contributed by atoms with Gasteiger partial charge in [0.1, 0.15) is 13.1 Å². The Kier molecular flexibility index (Phi) is 5.89. The zero-order chi connectivity index (χ0) is 16.0.